The van der Waals surface area contributed by atoms with E-state index in [0.29, 0.717) is 18.4 Å². The SMILES string of the molecule is CCNC1CCN(C(=O)CCCCOCC)CC1. The van der Waals surface area contributed by atoms with Gasteiger partial charge in [0.1, 0.15) is 0 Å². The topological polar surface area (TPSA) is 41.6 Å². The summed E-state index contributed by atoms with van der Waals surface area (Å²) in [5, 5.41) is 3.46. The van der Waals surface area contributed by atoms with Crippen LogP contribution in [0.5, 0.6) is 0 Å². The summed E-state index contributed by atoms with van der Waals surface area (Å²) in [5.74, 6) is 0.321. The van der Waals surface area contributed by atoms with Crippen LogP contribution in [-0.2, 0) is 9.53 Å². The van der Waals surface area contributed by atoms with Crippen LogP contribution in [0.4, 0.5) is 0 Å². The smallest absolute Gasteiger partial charge is 0.222 e. The molecule has 0 aromatic carbocycles. The maximum absolute atomic E-state index is 12.0. The van der Waals surface area contributed by atoms with Gasteiger partial charge in [0.15, 0.2) is 0 Å². The maximum atomic E-state index is 12.0. The summed E-state index contributed by atoms with van der Waals surface area (Å²) in [5.41, 5.74) is 0. The largest absolute Gasteiger partial charge is 0.382 e. The lowest BCUT2D eigenvalue weighted by atomic mass is 10.0. The number of likely N-dealkylation sites (tertiary alicyclic amines) is 1. The first-order chi connectivity index (χ1) is 8.77. The molecule has 1 fully saturated rings. The molecule has 0 aromatic heterocycles. The molecule has 0 bridgehead atoms. The third kappa shape index (κ3) is 5.83. The Bertz CT molecular complexity index is 226. The van der Waals surface area contributed by atoms with Gasteiger partial charge in [-0.1, -0.05) is 6.92 Å². The van der Waals surface area contributed by atoms with Crippen LogP contribution >= 0.6 is 0 Å². The van der Waals surface area contributed by atoms with Crippen LogP contribution in [0.1, 0.15) is 46.0 Å². The molecule has 0 spiro atoms. The lowest BCUT2D eigenvalue weighted by Crippen LogP contribution is -2.44. The predicted molar refractivity (Wildman–Crippen MR) is 73.6 cm³/mol. The van der Waals surface area contributed by atoms with Crippen LogP contribution in [0.3, 0.4) is 0 Å². The van der Waals surface area contributed by atoms with E-state index >= 15 is 0 Å². The molecule has 0 aromatic rings. The van der Waals surface area contributed by atoms with E-state index in [1.807, 2.05) is 11.8 Å². The monoisotopic (exact) mass is 256 g/mol. The second-order valence-corrected chi connectivity index (χ2v) is 4.87. The molecule has 0 atom stereocenters. The first-order valence-electron chi connectivity index (χ1n) is 7.36. The molecule has 1 amide bonds. The molecular weight excluding hydrogens is 228 g/mol. The summed E-state index contributed by atoms with van der Waals surface area (Å²) in [6.45, 7) is 8.55. The van der Waals surface area contributed by atoms with Crippen LogP contribution in [-0.4, -0.2) is 49.7 Å². The number of rotatable bonds is 8. The first-order valence-corrected chi connectivity index (χ1v) is 7.36. The molecule has 4 nitrogen and oxygen atoms in total. The van der Waals surface area contributed by atoms with Gasteiger partial charge in [0.2, 0.25) is 5.91 Å². The normalized spacial score (nSPS) is 17.1. The maximum Gasteiger partial charge on any atom is 0.222 e. The highest BCUT2D eigenvalue weighted by atomic mass is 16.5. The Labute approximate surface area is 111 Å². The lowest BCUT2D eigenvalue weighted by Gasteiger charge is -2.32. The third-order valence-corrected chi connectivity index (χ3v) is 3.47. The van der Waals surface area contributed by atoms with Gasteiger partial charge in [-0.2, -0.15) is 0 Å². The third-order valence-electron chi connectivity index (χ3n) is 3.47. The van der Waals surface area contributed by atoms with Crippen molar-refractivity contribution in [1.82, 2.24) is 10.2 Å². The van der Waals surface area contributed by atoms with E-state index in [2.05, 4.69) is 12.2 Å². The summed E-state index contributed by atoms with van der Waals surface area (Å²) in [4.78, 5) is 14.0. The molecule has 4 heteroatoms. The van der Waals surface area contributed by atoms with Crippen molar-refractivity contribution in [2.75, 3.05) is 32.8 Å². The standard InChI is InChI=1S/C14H28N2O2/c1-3-15-13-8-10-16(11-9-13)14(17)7-5-6-12-18-4-2/h13,15H,3-12H2,1-2H3. The second-order valence-electron chi connectivity index (χ2n) is 4.87. The van der Waals surface area contributed by atoms with Crippen LogP contribution < -0.4 is 5.32 Å². The van der Waals surface area contributed by atoms with Crippen LogP contribution in [0, 0.1) is 0 Å². The van der Waals surface area contributed by atoms with Gasteiger partial charge < -0.3 is 15.0 Å². The fraction of sp³-hybridized carbons (Fsp3) is 0.929. The number of nitrogens with one attached hydrogen (secondary N) is 1. The number of amides is 1. The summed E-state index contributed by atoms with van der Waals surface area (Å²) < 4.78 is 5.27. The molecule has 18 heavy (non-hydrogen) atoms. The zero-order valence-corrected chi connectivity index (χ0v) is 11.9. The Balaban J connectivity index is 2.08. The van der Waals surface area contributed by atoms with Crippen LogP contribution in [0.15, 0.2) is 0 Å². The molecule has 0 radical (unpaired) electrons. The highest BCUT2D eigenvalue weighted by Gasteiger charge is 2.21. The number of hydrogen-bond acceptors (Lipinski definition) is 3. The minimum atomic E-state index is 0.321. The number of piperidine rings is 1. The number of carbonyl (C=O) groups excluding carboxylic acids is 1. The molecule has 1 aliphatic heterocycles. The minimum absolute atomic E-state index is 0.321. The summed E-state index contributed by atoms with van der Waals surface area (Å²) in [7, 11) is 0. The van der Waals surface area contributed by atoms with Crippen molar-refractivity contribution >= 4 is 5.91 Å². The molecule has 0 aliphatic carbocycles. The van der Waals surface area contributed by atoms with Crippen molar-refractivity contribution < 1.29 is 9.53 Å². The number of nitrogens with zero attached hydrogens (tertiary/aromatic N) is 1. The van der Waals surface area contributed by atoms with Crippen molar-refractivity contribution in [2.45, 2.75) is 52.0 Å². The highest BCUT2D eigenvalue weighted by molar-refractivity contribution is 5.76. The summed E-state index contributed by atoms with van der Waals surface area (Å²) in [6, 6.07) is 0.608. The molecular formula is C14H28N2O2. The molecule has 1 heterocycles. The Morgan fingerprint density at radius 2 is 2.00 bits per heavy atom. The molecule has 0 saturated carbocycles. The molecule has 106 valence electrons. The van der Waals surface area contributed by atoms with E-state index in [9.17, 15) is 4.79 Å². The van der Waals surface area contributed by atoms with Crippen molar-refractivity contribution in [3.63, 3.8) is 0 Å². The van der Waals surface area contributed by atoms with E-state index in [-0.39, 0.29) is 0 Å². The van der Waals surface area contributed by atoms with Crippen LogP contribution in [0.25, 0.3) is 0 Å². The Morgan fingerprint density at radius 1 is 1.28 bits per heavy atom. The van der Waals surface area contributed by atoms with Crippen molar-refractivity contribution in [3.8, 4) is 0 Å². The average molecular weight is 256 g/mol. The highest BCUT2D eigenvalue weighted by Crippen LogP contribution is 2.12. The van der Waals surface area contributed by atoms with Gasteiger partial charge in [-0.05, 0) is 39.2 Å². The Hall–Kier alpha value is -0.610. The fourth-order valence-corrected chi connectivity index (χ4v) is 2.40. The van der Waals surface area contributed by atoms with Crippen molar-refractivity contribution in [3.05, 3.63) is 0 Å². The lowest BCUT2D eigenvalue weighted by molar-refractivity contribution is -0.132. The summed E-state index contributed by atoms with van der Waals surface area (Å²) >= 11 is 0. The van der Waals surface area contributed by atoms with E-state index in [0.717, 1.165) is 58.5 Å². The van der Waals surface area contributed by atoms with Crippen LogP contribution in [0.2, 0.25) is 0 Å². The Morgan fingerprint density at radius 3 is 2.61 bits per heavy atom. The zero-order valence-electron chi connectivity index (χ0n) is 11.9. The van der Waals surface area contributed by atoms with E-state index < -0.39 is 0 Å². The molecule has 1 rings (SSSR count). The number of ether oxygens (including phenoxy) is 1. The van der Waals surface area contributed by atoms with Gasteiger partial charge in [-0.15, -0.1) is 0 Å². The van der Waals surface area contributed by atoms with Gasteiger partial charge in [0, 0.05) is 38.8 Å². The number of unbranched alkanes of at least 4 members (excludes halogenated alkanes) is 1. The van der Waals surface area contributed by atoms with Gasteiger partial charge in [0.05, 0.1) is 0 Å². The summed E-state index contributed by atoms with van der Waals surface area (Å²) in [6.07, 6.45) is 4.81. The first kappa shape index (κ1) is 15.4. The zero-order chi connectivity index (χ0) is 13.2. The molecule has 1 aliphatic rings. The number of hydrogen-bond donors (Lipinski definition) is 1. The predicted octanol–water partition coefficient (Wildman–Crippen LogP) is 1.79. The average Bonchev–Trinajstić information content (AvgIpc) is 2.39. The van der Waals surface area contributed by atoms with Gasteiger partial charge in [0.25, 0.3) is 0 Å². The van der Waals surface area contributed by atoms with Gasteiger partial charge in [-0.25, -0.2) is 0 Å². The quantitative estimate of drug-likeness (QED) is 0.673. The fourth-order valence-electron chi connectivity index (χ4n) is 2.40. The minimum Gasteiger partial charge on any atom is -0.382 e. The van der Waals surface area contributed by atoms with Gasteiger partial charge >= 0.3 is 0 Å². The molecule has 1 saturated heterocycles. The molecule has 0 unspecified atom stereocenters. The van der Waals surface area contributed by atoms with E-state index in [4.69, 9.17) is 4.74 Å². The van der Waals surface area contributed by atoms with Gasteiger partial charge in [-0.3, -0.25) is 4.79 Å². The van der Waals surface area contributed by atoms with E-state index in [1.165, 1.54) is 0 Å². The van der Waals surface area contributed by atoms with E-state index in [1.54, 1.807) is 0 Å². The second kappa shape index (κ2) is 9.34. The number of carbonyl (C=O) groups is 1. The van der Waals surface area contributed by atoms with Crippen molar-refractivity contribution in [2.24, 2.45) is 0 Å². The van der Waals surface area contributed by atoms with Crippen molar-refractivity contribution in [1.29, 1.82) is 0 Å². The molecule has 1 N–H and O–H groups in total. The Kier molecular flexibility index (Phi) is 8.01.